The standard InChI is InChI=1S/C18H20FN3O3/c1-22-16(23)7-6-15(21-22)17(24)20-12-18(8-10-25-11-9-18)13-2-4-14(19)5-3-13/h2-7H,8-12H2,1H3,(H,20,24). The molecule has 25 heavy (non-hydrogen) atoms. The van der Waals surface area contributed by atoms with Crippen molar-refractivity contribution in [3.05, 3.63) is 63.8 Å². The molecule has 0 aliphatic carbocycles. The second-order valence-electron chi connectivity index (χ2n) is 6.26. The van der Waals surface area contributed by atoms with Gasteiger partial charge in [-0.05, 0) is 36.6 Å². The fraction of sp³-hybridized carbons (Fsp3) is 0.389. The monoisotopic (exact) mass is 345 g/mol. The molecule has 0 radical (unpaired) electrons. The fourth-order valence-corrected chi connectivity index (χ4v) is 3.10. The van der Waals surface area contributed by atoms with Crippen molar-refractivity contribution in [3.63, 3.8) is 0 Å². The summed E-state index contributed by atoms with van der Waals surface area (Å²) in [7, 11) is 1.50. The Hall–Kier alpha value is -2.54. The van der Waals surface area contributed by atoms with Crippen molar-refractivity contribution in [1.29, 1.82) is 0 Å². The van der Waals surface area contributed by atoms with Crippen LogP contribution in [0.25, 0.3) is 0 Å². The highest BCUT2D eigenvalue weighted by Gasteiger charge is 2.35. The van der Waals surface area contributed by atoms with Gasteiger partial charge in [-0.1, -0.05) is 12.1 Å². The Balaban J connectivity index is 1.78. The molecule has 7 heteroatoms. The van der Waals surface area contributed by atoms with E-state index in [9.17, 15) is 14.0 Å². The third-order valence-corrected chi connectivity index (χ3v) is 4.69. The molecule has 1 amide bonds. The topological polar surface area (TPSA) is 73.2 Å². The van der Waals surface area contributed by atoms with Crippen molar-refractivity contribution in [2.75, 3.05) is 19.8 Å². The Morgan fingerprint density at radius 1 is 1.24 bits per heavy atom. The molecule has 6 nitrogen and oxygen atoms in total. The number of aromatic nitrogens is 2. The molecule has 1 fully saturated rings. The van der Waals surface area contributed by atoms with Crippen molar-refractivity contribution >= 4 is 5.91 Å². The number of aryl methyl sites for hydroxylation is 1. The zero-order chi connectivity index (χ0) is 17.9. The predicted molar refractivity (Wildman–Crippen MR) is 89.9 cm³/mol. The molecule has 2 aromatic rings. The molecule has 0 saturated carbocycles. The molecular weight excluding hydrogens is 325 g/mol. The Labute approximate surface area is 144 Å². The lowest BCUT2D eigenvalue weighted by molar-refractivity contribution is 0.0486. The summed E-state index contributed by atoms with van der Waals surface area (Å²) in [5.74, 6) is -0.632. The highest BCUT2D eigenvalue weighted by atomic mass is 19.1. The SMILES string of the molecule is Cn1nc(C(=O)NCC2(c3ccc(F)cc3)CCOCC2)ccc1=O. The minimum atomic E-state index is -0.344. The first-order chi connectivity index (χ1) is 12.0. The third kappa shape index (κ3) is 3.76. The van der Waals surface area contributed by atoms with Crippen LogP contribution in [0, 0.1) is 5.82 Å². The molecular formula is C18H20FN3O3. The number of amides is 1. The van der Waals surface area contributed by atoms with Gasteiger partial charge in [-0.25, -0.2) is 9.07 Å². The molecule has 1 aliphatic rings. The normalized spacial score (nSPS) is 16.4. The van der Waals surface area contributed by atoms with Crippen molar-refractivity contribution < 1.29 is 13.9 Å². The van der Waals surface area contributed by atoms with E-state index in [2.05, 4.69) is 10.4 Å². The van der Waals surface area contributed by atoms with Gasteiger partial charge in [-0.3, -0.25) is 9.59 Å². The van der Waals surface area contributed by atoms with Gasteiger partial charge in [0.05, 0.1) is 0 Å². The van der Waals surface area contributed by atoms with Crippen LogP contribution in [0.15, 0.2) is 41.2 Å². The lowest BCUT2D eigenvalue weighted by atomic mass is 9.74. The summed E-state index contributed by atoms with van der Waals surface area (Å²) in [6.45, 7) is 1.57. The number of benzene rings is 1. The molecule has 1 N–H and O–H groups in total. The average Bonchev–Trinajstić information content (AvgIpc) is 2.63. The summed E-state index contributed by atoms with van der Waals surface area (Å²) >= 11 is 0. The van der Waals surface area contributed by atoms with E-state index in [0.717, 1.165) is 23.1 Å². The largest absolute Gasteiger partial charge is 0.381 e. The van der Waals surface area contributed by atoms with Crippen LogP contribution >= 0.6 is 0 Å². The maximum atomic E-state index is 13.3. The van der Waals surface area contributed by atoms with Gasteiger partial charge in [0.15, 0.2) is 0 Å². The van der Waals surface area contributed by atoms with E-state index in [1.807, 2.05) is 0 Å². The molecule has 1 aromatic carbocycles. The Bertz CT molecular complexity index is 811. The number of ether oxygens (including phenoxy) is 1. The fourth-order valence-electron chi connectivity index (χ4n) is 3.10. The van der Waals surface area contributed by atoms with Crippen LogP contribution in [0.2, 0.25) is 0 Å². The lowest BCUT2D eigenvalue weighted by Gasteiger charge is -2.38. The second-order valence-corrected chi connectivity index (χ2v) is 6.26. The molecule has 0 unspecified atom stereocenters. The maximum Gasteiger partial charge on any atom is 0.271 e. The van der Waals surface area contributed by atoms with Crippen molar-refractivity contribution in [3.8, 4) is 0 Å². The first kappa shape index (κ1) is 17.3. The van der Waals surface area contributed by atoms with Gasteiger partial charge in [-0.2, -0.15) is 5.10 Å². The predicted octanol–water partition coefficient (Wildman–Crippen LogP) is 1.40. The molecule has 132 valence electrons. The lowest BCUT2D eigenvalue weighted by Crippen LogP contribution is -2.45. The summed E-state index contributed by atoms with van der Waals surface area (Å²) in [5.41, 5.74) is 0.584. The number of halogens is 1. The van der Waals surface area contributed by atoms with Gasteiger partial charge in [0.2, 0.25) is 0 Å². The molecule has 0 bridgehead atoms. The summed E-state index contributed by atoms with van der Waals surface area (Å²) in [4.78, 5) is 23.8. The maximum absolute atomic E-state index is 13.3. The minimum Gasteiger partial charge on any atom is -0.381 e. The van der Waals surface area contributed by atoms with Gasteiger partial charge in [-0.15, -0.1) is 0 Å². The molecule has 2 heterocycles. The van der Waals surface area contributed by atoms with Gasteiger partial charge < -0.3 is 10.1 Å². The molecule has 0 atom stereocenters. The molecule has 1 aliphatic heterocycles. The van der Waals surface area contributed by atoms with E-state index in [-0.39, 0.29) is 28.4 Å². The van der Waals surface area contributed by atoms with Crippen LogP contribution in [0.1, 0.15) is 28.9 Å². The average molecular weight is 345 g/mol. The summed E-state index contributed by atoms with van der Waals surface area (Å²) in [5, 5.41) is 6.86. The number of nitrogens with zero attached hydrogens (tertiary/aromatic N) is 2. The van der Waals surface area contributed by atoms with Crippen LogP contribution in [-0.2, 0) is 17.2 Å². The van der Waals surface area contributed by atoms with Gasteiger partial charge >= 0.3 is 0 Å². The highest BCUT2D eigenvalue weighted by molar-refractivity contribution is 5.92. The summed E-state index contributed by atoms with van der Waals surface area (Å²) in [6, 6.07) is 9.11. The van der Waals surface area contributed by atoms with Gasteiger partial charge in [0.1, 0.15) is 11.5 Å². The molecule has 0 spiro atoms. The number of hydrogen-bond acceptors (Lipinski definition) is 4. The van der Waals surface area contributed by atoms with Gasteiger partial charge in [0.25, 0.3) is 11.5 Å². The van der Waals surface area contributed by atoms with Crippen LogP contribution in [0.3, 0.4) is 0 Å². The van der Waals surface area contributed by atoms with Gasteiger partial charge in [0, 0.05) is 38.3 Å². The smallest absolute Gasteiger partial charge is 0.271 e. The first-order valence-electron chi connectivity index (χ1n) is 8.17. The Morgan fingerprint density at radius 2 is 1.92 bits per heavy atom. The number of carbonyl (C=O) groups is 1. The number of rotatable bonds is 4. The zero-order valence-corrected chi connectivity index (χ0v) is 14.0. The van der Waals surface area contributed by atoms with Crippen molar-refractivity contribution in [2.24, 2.45) is 7.05 Å². The summed E-state index contributed by atoms with van der Waals surface area (Å²) in [6.07, 6.45) is 1.47. The second kappa shape index (κ2) is 7.14. The number of nitrogens with one attached hydrogen (secondary N) is 1. The Morgan fingerprint density at radius 3 is 2.56 bits per heavy atom. The van der Waals surface area contributed by atoms with E-state index < -0.39 is 0 Å². The first-order valence-corrected chi connectivity index (χ1v) is 8.17. The molecule has 3 rings (SSSR count). The summed E-state index contributed by atoms with van der Waals surface area (Å²) < 4.78 is 19.8. The van der Waals surface area contributed by atoms with Crippen LogP contribution in [0.5, 0.6) is 0 Å². The quantitative estimate of drug-likeness (QED) is 0.909. The van der Waals surface area contributed by atoms with Crippen molar-refractivity contribution in [2.45, 2.75) is 18.3 Å². The van der Waals surface area contributed by atoms with E-state index in [0.29, 0.717) is 19.8 Å². The third-order valence-electron chi connectivity index (χ3n) is 4.69. The van der Waals surface area contributed by atoms with E-state index >= 15 is 0 Å². The van der Waals surface area contributed by atoms with Crippen molar-refractivity contribution in [1.82, 2.24) is 15.1 Å². The van der Waals surface area contributed by atoms with Crippen LogP contribution in [-0.4, -0.2) is 35.4 Å². The molecule has 1 saturated heterocycles. The number of hydrogen-bond donors (Lipinski definition) is 1. The van der Waals surface area contributed by atoms with Crippen LogP contribution < -0.4 is 10.9 Å². The number of carbonyl (C=O) groups excluding carboxylic acids is 1. The Kier molecular flexibility index (Phi) is 4.94. The minimum absolute atomic E-state index is 0.184. The highest BCUT2D eigenvalue weighted by Crippen LogP contribution is 2.34. The zero-order valence-electron chi connectivity index (χ0n) is 14.0. The van der Waals surface area contributed by atoms with E-state index in [1.165, 1.54) is 31.3 Å². The van der Waals surface area contributed by atoms with E-state index in [4.69, 9.17) is 4.74 Å². The van der Waals surface area contributed by atoms with E-state index in [1.54, 1.807) is 12.1 Å². The molecule has 1 aromatic heterocycles. The van der Waals surface area contributed by atoms with Crippen LogP contribution in [0.4, 0.5) is 4.39 Å².